The fraction of sp³-hybridized carbons (Fsp3) is 0.400. The van der Waals surface area contributed by atoms with Crippen molar-refractivity contribution in [2.75, 3.05) is 20.7 Å². The maximum atomic E-state index is 11.9. The minimum Gasteiger partial charge on any atom is -0.496 e. The van der Waals surface area contributed by atoms with Crippen LogP contribution in [0.2, 0.25) is 0 Å². The predicted octanol–water partition coefficient (Wildman–Crippen LogP) is 1.82. The molecule has 1 N–H and O–H groups in total. The summed E-state index contributed by atoms with van der Waals surface area (Å²) in [6.07, 6.45) is 1.67. The number of rotatable bonds is 7. The SMILES string of the molecule is C=CCNC(=O)[C@@H](C)N(C)Cc1ccccc1OC. The van der Waals surface area contributed by atoms with Crippen LogP contribution in [0, 0.1) is 0 Å². The Morgan fingerprint density at radius 3 is 2.84 bits per heavy atom. The number of ether oxygens (including phenoxy) is 1. The van der Waals surface area contributed by atoms with Crippen LogP contribution in [0.4, 0.5) is 0 Å². The van der Waals surface area contributed by atoms with E-state index >= 15 is 0 Å². The molecule has 0 unspecified atom stereocenters. The summed E-state index contributed by atoms with van der Waals surface area (Å²) in [6.45, 7) is 6.62. The van der Waals surface area contributed by atoms with Gasteiger partial charge in [-0.05, 0) is 20.0 Å². The zero-order valence-electron chi connectivity index (χ0n) is 11.8. The molecule has 0 saturated heterocycles. The molecule has 104 valence electrons. The molecular weight excluding hydrogens is 240 g/mol. The van der Waals surface area contributed by atoms with Gasteiger partial charge in [0, 0.05) is 18.7 Å². The first-order valence-electron chi connectivity index (χ1n) is 6.31. The number of methoxy groups -OCH3 is 1. The second kappa shape index (κ2) is 7.59. The molecule has 4 heteroatoms. The molecule has 0 saturated carbocycles. The van der Waals surface area contributed by atoms with E-state index in [1.807, 2.05) is 43.1 Å². The molecule has 1 aromatic rings. The zero-order chi connectivity index (χ0) is 14.3. The van der Waals surface area contributed by atoms with E-state index in [1.165, 1.54) is 0 Å². The van der Waals surface area contributed by atoms with E-state index in [-0.39, 0.29) is 11.9 Å². The summed E-state index contributed by atoms with van der Waals surface area (Å²) in [5.74, 6) is 0.838. The van der Waals surface area contributed by atoms with Crippen LogP contribution in [-0.4, -0.2) is 37.6 Å². The number of hydrogen-bond donors (Lipinski definition) is 1. The Morgan fingerprint density at radius 1 is 1.53 bits per heavy atom. The van der Waals surface area contributed by atoms with Crippen molar-refractivity contribution in [3.8, 4) is 5.75 Å². The fourth-order valence-electron chi connectivity index (χ4n) is 1.76. The largest absolute Gasteiger partial charge is 0.496 e. The third-order valence-electron chi connectivity index (χ3n) is 3.07. The maximum Gasteiger partial charge on any atom is 0.237 e. The summed E-state index contributed by atoms with van der Waals surface area (Å²) in [7, 11) is 3.57. The van der Waals surface area contributed by atoms with E-state index < -0.39 is 0 Å². The normalized spacial score (nSPS) is 12.0. The molecule has 0 bridgehead atoms. The number of likely N-dealkylation sites (N-methyl/N-ethyl adjacent to an activating group) is 1. The Morgan fingerprint density at radius 2 is 2.21 bits per heavy atom. The number of benzene rings is 1. The van der Waals surface area contributed by atoms with Crippen LogP contribution in [0.5, 0.6) is 5.75 Å². The van der Waals surface area contributed by atoms with Gasteiger partial charge in [-0.3, -0.25) is 9.69 Å². The number of carbonyl (C=O) groups excluding carboxylic acids is 1. The quantitative estimate of drug-likeness (QED) is 0.762. The highest BCUT2D eigenvalue weighted by Crippen LogP contribution is 2.19. The standard InChI is InChI=1S/C15H22N2O2/c1-5-10-16-15(18)12(2)17(3)11-13-8-6-7-9-14(13)19-4/h5-9,12H,1,10-11H2,2-4H3,(H,16,18)/t12-/m1/s1. The van der Waals surface area contributed by atoms with Crippen molar-refractivity contribution in [1.82, 2.24) is 10.2 Å². The van der Waals surface area contributed by atoms with Gasteiger partial charge in [0.1, 0.15) is 5.75 Å². The van der Waals surface area contributed by atoms with Gasteiger partial charge in [-0.15, -0.1) is 6.58 Å². The van der Waals surface area contributed by atoms with Gasteiger partial charge in [-0.2, -0.15) is 0 Å². The smallest absolute Gasteiger partial charge is 0.237 e. The Hall–Kier alpha value is -1.81. The van der Waals surface area contributed by atoms with E-state index in [9.17, 15) is 4.79 Å². The summed E-state index contributed by atoms with van der Waals surface area (Å²) in [5, 5.41) is 2.80. The summed E-state index contributed by atoms with van der Waals surface area (Å²) < 4.78 is 5.31. The van der Waals surface area contributed by atoms with Crippen molar-refractivity contribution in [3.05, 3.63) is 42.5 Å². The molecule has 0 fully saturated rings. The topological polar surface area (TPSA) is 41.6 Å². The Kier molecular flexibility index (Phi) is 6.09. The lowest BCUT2D eigenvalue weighted by atomic mass is 10.1. The molecule has 0 spiro atoms. The lowest BCUT2D eigenvalue weighted by molar-refractivity contribution is -0.125. The van der Waals surface area contributed by atoms with E-state index in [0.717, 1.165) is 11.3 Å². The minimum absolute atomic E-state index is 0.00250. The first-order chi connectivity index (χ1) is 9.10. The predicted molar refractivity (Wildman–Crippen MR) is 77.1 cm³/mol. The van der Waals surface area contributed by atoms with Crippen LogP contribution in [0.3, 0.4) is 0 Å². The first kappa shape index (κ1) is 15.2. The van der Waals surface area contributed by atoms with E-state index in [0.29, 0.717) is 13.1 Å². The number of amides is 1. The fourth-order valence-corrected chi connectivity index (χ4v) is 1.76. The zero-order valence-corrected chi connectivity index (χ0v) is 11.8. The van der Waals surface area contributed by atoms with Crippen molar-refractivity contribution in [2.24, 2.45) is 0 Å². The van der Waals surface area contributed by atoms with Crippen molar-refractivity contribution in [2.45, 2.75) is 19.5 Å². The van der Waals surface area contributed by atoms with Gasteiger partial charge in [0.2, 0.25) is 5.91 Å². The first-order valence-corrected chi connectivity index (χ1v) is 6.31. The molecule has 1 aromatic carbocycles. The van der Waals surface area contributed by atoms with Crippen LogP contribution < -0.4 is 10.1 Å². The van der Waals surface area contributed by atoms with Crippen LogP contribution in [-0.2, 0) is 11.3 Å². The van der Waals surface area contributed by atoms with Crippen LogP contribution in [0.25, 0.3) is 0 Å². The minimum atomic E-state index is -0.204. The summed E-state index contributed by atoms with van der Waals surface area (Å²) in [6, 6.07) is 7.62. The molecule has 1 atom stereocenters. The van der Waals surface area contributed by atoms with E-state index in [1.54, 1.807) is 13.2 Å². The Bertz CT molecular complexity index is 432. The molecule has 1 amide bonds. The molecule has 0 aliphatic rings. The molecule has 19 heavy (non-hydrogen) atoms. The second-order valence-corrected chi connectivity index (χ2v) is 4.44. The number of nitrogens with zero attached hydrogens (tertiary/aromatic N) is 1. The highest BCUT2D eigenvalue weighted by atomic mass is 16.5. The van der Waals surface area contributed by atoms with Gasteiger partial charge >= 0.3 is 0 Å². The number of carbonyl (C=O) groups is 1. The third-order valence-corrected chi connectivity index (χ3v) is 3.07. The highest BCUT2D eigenvalue weighted by molar-refractivity contribution is 5.81. The maximum absolute atomic E-state index is 11.9. The Balaban J connectivity index is 2.65. The molecule has 0 heterocycles. The van der Waals surface area contributed by atoms with E-state index in [4.69, 9.17) is 4.74 Å². The average Bonchev–Trinajstić information content (AvgIpc) is 2.44. The van der Waals surface area contributed by atoms with Crippen molar-refractivity contribution in [3.63, 3.8) is 0 Å². The lowest BCUT2D eigenvalue weighted by Crippen LogP contribution is -2.42. The van der Waals surface area contributed by atoms with Crippen LogP contribution >= 0.6 is 0 Å². The number of para-hydroxylation sites is 1. The van der Waals surface area contributed by atoms with Crippen molar-refractivity contribution in [1.29, 1.82) is 0 Å². The van der Waals surface area contributed by atoms with Crippen molar-refractivity contribution >= 4 is 5.91 Å². The second-order valence-electron chi connectivity index (χ2n) is 4.44. The summed E-state index contributed by atoms with van der Waals surface area (Å²) in [5.41, 5.74) is 1.07. The molecule has 0 radical (unpaired) electrons. The third kappa shape index (κ3) is 4.41. The van der Waals surface area contributed by atoms with Crippen LogP contribution in [0.15, 0.2) is 36.9 Å². The average molecular weight is 262 g/mol. The van der Waals surface area contributed by atoms with Crippen molar-refractivity contribution < 1.29 is 9.53 Å². The Labute approximate surface area is 115 Å². The molecule has 0 aliphatic heterocycles. The van der Waals surface area contributed by atoms with Gasteiger partial charge in [0.25, 0.3) is 0 Å². The molecule has 0 aliphatic carbocycles. The van der Waals surface area contributed by atoms with Gasteiger partial charge in [0.15, 0.2) is 0 Å². The van der Waals surface area contributed by atoms with Gasteiger partial charge in [0.05, 0.1) is 13.2 Å². The summed E-state index contributed by atoms with van der Waals surface area (Å²) >= 11 is 0. The van der Waals surface area contributed by atoms with Crippen LogP contribution in [0.1, 0.15) is 12.5 Å². The number of nitrogens with one attached hydrogen (secondary N) is 1. The molecule has 4 nitrogen and oxygen atoms in total. The monoisotopic (exact) mass is 262 g/mol. The molecule has 0 aromatic heterocycles. The summed E-state index contributed by atoms with van der Waals surface area (Å²) in [4.78, 5) is 13.8. The molecular formula is C15H22N2O2. The number of hydrogen-bond acceptors (Lipinski definition) is 3. The van der Waals surface area contributed by atoms with E-state index in [2.05, 4.69) is 11.9 Å². The van der Waals surface area contributed by atoms with Gasteiger partial charge in [-0.25, -0.2) is 0 Å². The highest BCUT2D eigenvalue weighted by Gasteiger charge is 2.18. The molecule has 1 rings (SSSR count). The lowest BCUT2D eigenvalue weighted by Gasteiger charge is -2.24. The van der Waals surface area contributed by atoms with Gasteiger partial charge in [-0.1, -0.05) is 24.3 Å². The van der Waals surface area contributed by atoms with Gasteiger partial charge < -0.3 is 10.1 Å².